The summed E-state index contributed by atoms with van der Waals surface area (Å²) >= 11 is 0. The van der Waals surface area contributed by atoms with E-state index in [-0.39, 0.29) is 29.8 Å². The number of aryl methyl sites for hydroxylation is 1. The number of rotatable bonds is 9. The third-order valence-corrected chi connectivity index (χ3v) is 5.13. The largest absolute Gasteiger partial charge is 0.494 e. The summed E-state index contributed by atoms with van der Waals surface area (Å²) in [5.41, 5.74) is 0. The molecule has 2 aromatic rings. The standard InChI is InChI=1S/C18H24N2O5S/c1-4-24-15-6-8-16(9-7-15)26(22,23)19-12-11-18(21)20-14(3)17-10-5-13(2)25-17/h5-10,14,19H,4,11-12H2,1-3H3,(H,20,21). The molecular formula is C18H24N2O5S. The maximum Gasteiger partial charge on any atom is 0.240 e. The quantitative estimate of drug-likeness (QED) is 0.697. The molecule has 2 rings (SSSR count). The van der Waals surface area contributed by atoms with E-state index in [1.165, 1.54) is 12.1 Å². The minimum absolute atomic E-state index is 0.00524. The number of carbonyl (C=O) groups is 1. The number of hydrogen-bond donors (Lipinski definition) is 2. The maximum absolute atomic E-state index is 12.2. The highest BCUT2D eigenvalue weighted by atomic mass is 32.2. The number of sulfonamides is 1. The van der Waals surface area contributed by atoms with Gasteiger partial charge in [-0.25, -0.2) is 13.1 Å². The van der Waals surface area contributed by atoms with Crippen molar-refractivity contribution in [2.75, 3.05) is 13.2 Å². The minimum Gasteiger partial charge on any atom is -0.494 e. The van der Waals surface area contributed by atoms with E-state index in [0.717, 1.165) is 5.76 Å². The van der Waals surface area contributed by atoms with Gasteiger partial charge in [0.1, 0.15) is 17.3 Å². The first-order chi connectivity index (χ1) is 12.3. The zero-order chi connectivity index (χ0) is 19.2. The van der Waals surface area contributed by atoms with Gasteiger partial charge in [0.25, 0.3) is 0 Å². The molecule has 0 fully saturated rings. The van der Waals surface area contributed by atoms with Crippen molar-refractivity contribution in [2.45, 2.75) is 38.1 Å². The molecule has 1 amide bonds. The number of ether oxygens (including phenoxy) is 1. The van der Waals surface area contributed by atoms with E-state index in [1.807, 2.05) is 19.9 Å². The SMILES string of the molecule is CCOc1ccc(S(=O)(=O)NCCC(=O)NC(C)c2ccc(C)o2)cc1. The molecule has 7 nitrogen and oxygen atoms in total. The van der Waals surface area contributed by atoms with Crippen molar-refractivity contribution in [1.82, 2.24) is 10.0 Å². The number of furan rings is 1. The summed E-state index contributed by atoms with van der Waals surface area (Å²) in [5, 5.41) is 2.77. The first-order valence-electron chi connectivity index (χ1n) is 8.40. The molecule has 0 aliphatic rings. The Balaban J connectivity index is 1.82. The van der Waals surface area contributed by atoms with Crippen molar-refractivity contribution in [1.29, 1.82) is 0 Å². The van der Waals surface area contributed by atoms with Crippen molar-refractivity contribution in [3.8, 4) is 5.75 Å². The Morgan fingerprint density at radius 2 is 1.88 bits per heavy atom. The van der Waals surface area contributed by atoms with Crippen molar-refractivity contribution < 1.29 is 22.4 Å². The minimum atomic E-state index is -3.67. The lowest BCUT2D eigenvalue weighted by Gasteiger charge is -2.12. The molecule has 1 atom stereocenters. The molecule has 0 bridgehead atoms. The molecule has 26 heavy (non-hydrogen) atoms. The highest BCUT2D eigenvalue weighted by molar-refractivity contribution is 7.89. The van der Waals surface area contributed by atoms with Gasteiger partial charge in [-0.15, -0.1) is 0 Å². The van der Waals surface area contributed by atoms with Crippen LogP contribution in [0.5, 0.6) is 5.75 Å². The van der Waals surface area contributed by atoms with Crippen LogP contribution in [0.25, 0.3) is 0 Å². The van der Waals surface area contributed by atoms with Gasteiger partial charge in [0, 0.05) is 13.0 Å². The first-order valence-corrected chi connectivity index (χ1v) is 9.88. The molecule has 0 saturated heterocycles. The van der Waals surface area contributed by atoms with Gasteiger partial charge in [-0.1, -0.05) is 0 Å². The summed E-state index contributed by atoms with van der Waals surface area (Å²) < 4.78 is 37.6. The summed E-state index contributed by atoms with van der Waals surface area (Å²) in [4.78, 5) is 12.1. The van der Waals surface area contributed by atoms with Gasteiger partial charge in [-0.3, -0.25) is 4.79 Å². The summed E-state index contributed by atoms with van der Waals surface area (Å²) in [5.74, 6) is 1.77. The molecule has 1 unspecified atom stereocenters. The van der Waals surface area contributed by atoms with Crippen LogP contribution in [-0.2, 0) is 14.8 Å². The fourth-order valence-corrected chi connectivity index (χ4v) is 3.37. The summed E-state index contributed by atoms with van der Waals surface area (Å²) in [6, 6.07) is 9.47. The van der Waals surface area contributed by atoms with Crippen LogP contribution < -0.4 is 14.8 Å². The van der Waals surface area contributed by atoms with E-state index in [0.29, 0.717) is 18.1 Å². The molecule has 1 heterocycles. The van der Waals surface area contributed by atoms with E-state index in [2.05, 4.69) is 10.0 Å². The van der Waals surface area contributed by atoms with Crippen LogP contribution in [0.15, 0.2) is 45.7 Å². The number of hydrogen-bond acceptors (Lipinski definition) is 5. The van der Waals surface area contributed by atoms with Gasteiger partial charge in [-0.05, 0) is 57.2 Å². The zero-order valence-electron chi connectivity index (χ0n) is 15.1. The van der Waals surface area contributed by atoms with E-state index >= 15 is 0 Å². The molecule has 8 heteroatoms. The third kappa shape index (κ3) is 5.60. The lowest BCUT2D eigenvalue weighted by molar-refractivity contribution is -0.121. The fraction of sp³-hybridized carbons (Fsp3) is 0.389. The fourth-order valence-electron chi connectivity index (χ4n) is 2.33. The van der Waals surface area contributed by atoms with Crippen LogP contribution in [0.2, 0.25) is 0 Å². The first kappa shape index (κ1) is 20.0. The van der Waals surface area contributed by atoms with Gasteiger partial charge >= 0.3 is 0 Å². The highest BCUT2D eigenvalue weighted by Gasteiger charge is 2.16. The van der Waals surface area contributed by atoms with Gasteiger partial charge in [0.2, 0.25) is 15.9 Å². The lowest BCUT2D eigenvalue weighted by atomic mass is 10.2. The van der Waals surface area contributed by atoms with Crippen molar-refractivity contribution in [3.05, 3.63) is 47.9 Å². The predicted molar refractivity (Wildman–Crippen MR) is 97.4 cm³/mol. The van der Waals surface area contributed by atoms with Crippen LogP contribution in [0.1, 0.15) is 37.8 Å². The Bertz CT molecular complexity index is 828. The van der Waals surface area contributed by atoms with Crippen LogP contribution in [0, 0.1) is 6.92 Å². The Hall–Kier alpha value is -2.32. The molecule has 0 spiro atoms. The van der Waals surface area contributed by atoms with E-state index in [4.69, 9.17) is 9.15 Å². The Morgan fingerprint density at radius 1 is 1.19 bits per heavy atom. The van der Waals surface area contributed by atoms with Crippen LogP contribution in [-0.4, -0.2) is 27.5 Å². The molecule has 0 saturated carbocycles. The molecule has 142 valence electrons. The predicted octanol–water partition coefficient (Wildman–Crippen LogP) is 2.53. The van der Waals surface area contributed by atoms with Gasteiger partial charge in [-0.2, -0.15) is 0 Å². The van der Waals surface area contributed by atoms with E-state index < -0.39 is 10.0 Å². The van der Waals surface area contributed by atoms with Crippen LogP contribution in [0.4, 0.5) is 0 Å². The maximum atomic E-state index is 12.2. The Morgan fingerprint density at radius 3 is 2.46 bits per heavy atom. The molecular weight excluding hydrogens is 356 g/mol. The van der Waals surface area contributed by atoms with Crippen molar-refractivity contribution in [3.63, 3.8) is 0 Å². The Kier molecular flexibility index (Phi) is 6.82. The average Bonchev–Trinajstić information content (AvgIpc) is 3.02. The van der Waals surface area contributed by atoms with Crippen molar-refractivity contribution in [2.24, 2.45) is 0 Å². The number of amides is 1. The normalized spacial score (nSPS) is 12.6. The van der Waals surface area contributed by atoms with E-state index in [1.54, 1.807) is 25.1 Å². The summed E-state index contributed by atoms with van der Waals surface area (Å²) in [7, 11) is -3.67. The van der Waals surface area contributed by atoms with E-state index in [9.17, 15) is 13.2 Å². The topological polar surface area (TPSA) is 97.6 Å². The van der Waals surface area contributed by atoms with Gasteiger partial charge in [0.05, 0.1) is 17.5 Å². The van der Waals surface area contributed by atoms with Gasteiger partial charge in [0.15, 0.2) is 0 Å². The molecule has 0 aliphatic heterocycles. The molecule has 1 aromatic carbocycles. The molecule has 1 aromatic heterocycles. The van der Waals surface area contributed by atoms with Crippen LogP contribution in [0.3, 0.4) is 0 Å². The number of benzene rings is 1. The highest BCUT2D eigenvalue weighted by Crippen LogP contribution is 2.16. The smallest absolute Gasteiger partial charge is 0.240 e. The lowest BCUT2D eigenvalue weighted by Crippen LogP contribution is -2.32. The second-order valence-corrected chi connectivity index (χ2v) is 7.56. The molecule has 2 N–H and O–H groups in total. The Labute approximate surface area is 153 Å². The van der Waals surface area contributed by atoms with Gasteiger partial charge < -0.3 is 14.5 Å². The monoisotopic (exact) mass is 380 g/mol. The van der Waals surface area contributed by atoms with Crippen LogP contribution >= 0.6 is 0 Å². The average molecular weight is 380 g/mol. The second-order valence-electron chi connectivity index (χ2n) is 5.79. The second kappa shape index (κ2) is 8.86. The zero-order valence-corrected chi connectivity index (χ0v) is 15.9. The number of carbonyl (C=O) groups excluding carboxylic acids is 1. The van der Waals surface area contributed by atoms with Crippen molar-refractivity contribution >= 4 is 15.9 Å². The third-order valence-electron chi connectivity index (χ3n) is 3.65. The molecule has 0 radical (unpaired) electrons. The number of nitrogens with one attached hydrogen (secondary N) is 2. The summed E-state index contributed by atoms with van der Waals surface area (Å²) in [6.07, 6.45) is 0.0281. The molecule has 0 aliphatic carbocycles. The summed E-state index contributed by atoms with van der Waals surface area (Å²) in [6.45, 7) is 6.00.